The van der Waals surface area contributed by atoms with Gasteiger partial charge >= 0.3 is 0 Å². The summed E-state index contributed by atoms with van der Waals surface area (Å²) in [6.45, 7) is 1.72. The van der Waals surface area contributed by atoms with Crippen LogP contribution in [0.25, 0.3) is 10.1 Å². The summed E-state index contributed by atoms with van der Waals surface area (Å²) in [5, 5.41) is 11.2. The second-order valence-electron chi connectivity index (χ2n) is 2.86. The first-order valence-electron chi connectivity index (χ1n) is 3.80. The molecule has 0 atom stereocenters. The summed E-state index contributed by atoms with van der Waals surface area (Å²) in [6, 6.07) is 5.24. The van der Waals surface area contributed by atoms with Crippen molar-refractivity contribution in [3.63, 3.8) is 0 Å². The topological polar surface area (TPSA) is 23.8 Å². The number of hydrogen-bond acceptors (Lipinski definition) is 2. The maximum Gasteiger partial charge on any atom is 0.126 e. The lowest BCUT2D eigenvalue weighted by atomic mass is 10.1. The van der Waals surface area contributed by atoms with E-state index in [9.17, 15) is 4.39 Å². The van der Waals surface area contributed by atoms with Gasteiger partial charge in [-0.05, 0) is 24.6 Å². The van der Waals surface area contributed by atoms with Crippen molar-refractivity contribution >= 4 is 21.4 Å². The second kappa shape index (κ2) is 2.82. The first kappa shape index (κ1) is 8.21. The van der Waals surface area contributed by atoms with E-state index in [1.165, 1.54) is 17.4 Å². The molecule has 0 aliphatic carbocycles. The lowest BCUT2D eigenvalue weighted by Crippen LogP contribution is -1.80. The van der Waals surface area contributed by atoms with Gasteiger partial charge in [-0.25, -0.2) is 4.39 Å². The molecular formula is C10H6FNS. The molecule has 1 nitrogen and oxygen atoms in total. The summed E-state index contributed by atoms with van der Waals surface area (Å²) >= 11 is 1.47. The van der Waals surface area contributed by atoms with Crippen LogP contribution in [0.5, 0.6) is 0 Å². The largest absolute Gasteiger partial charge is 0.207 e. The minimum atomic E-state index is -0.248. The van der Waals surface area contributed by atoms with Crippen molar-refractivity contribution in [2.45, 2.75) is 6.92 Å². The van der Waals surface area contributed by atoms with Crippen molar-refractivity contribution in [1.82, 2.24) is 0 Å². The van der Waals surface area contributed by atoms with Crippen molar-refractivity contribution in [2.24, 2.45) is 0 Å². The number of hydrogen-bond donors (Lipinski definition) is 0. The molecule has 0 unspecified atom stereocenters. The standard InChI is InChI=1S/C10H6FNS/c1-6-2-10-8(3-9(6)11)7(4-12)5-13-10/h2-3,5H,1H3. The quantitative estimate of drug-likeness (QED) is 0.627. The molecule has 1 aromatic carbocycles. The van der Waals surface area contributed by atoms with Crippen LogP contribution in [0.1, 0.15) is 11.1 Å². The normalized spacial score (nSPS) is 10.2. The maximum atomic E-state index is 13.1. The Balaban J connectivity index is 2.86. The van der Waals surface area contributed by atoms with Crippen LogP contribution in [0.15, 0.2) is 17.5 Å². The molecule has 0 spiro atoms. The summed E-state index contributed by atoms with van der Waals surface area (Å²) in [7, 11) is 0. The Morgan fingerprint density at radius 3 is 2.92 bits per heavy atom. The number of nitrogens with zero attached hydrogens (tertiary/aromatic N) is 1. The first-order valence-corrected chi connectivity index (χ1v) is 4.68. The zero-order chi connectivity index (χ0) is 9.42. The number of rotatable bonds is 0. The third-order valence-electron chi connectivity index (χ3n) is 1.98. The van der Waals surface area contributed by atoms with E-state index in [2.05, 4.69) is 0 Å². The highest BCUT2D eigenvalue weighted by atomic mass is 32.1. The van der Waals surface area contributed by atoms with Gasteiger partial charge in [0.2, 0.25) is 0 Å². The van der Waals surface area contributed by atoms with E-state index < -0.39 is 0 Å². The molecule has 3 heteroatoms. The fraction of sp³-hybridized carbons (Fsp3) is 0.100. The molecule has 1 aromatic heterocycles. The lowest BCUT2D eigenvalue weighted by Gasteiger charge is -1.95. The van der Waals surface area contributed by atoms with E-state index in [1.807, 2.05) is 6.07 Å². The van der Waals surface area contributed by atoms with E-state index in [0.29, 0.717) is 11.1 Å². The lowest BCUT2D eigenvalue weighted by molar-refractivity contribution is 0.620. The summed E-state index contributed by atoms with van der Waals surface area (Å²) in [5.41, 5.74) is 1.18. The molecule has 0 aliphatic heterocycles. The molecule has 2 aromatic rings. The van der Waals surface area contributed by atoms with Gasteiger partial charge in [0.05, 0.1) is 5.56 Å². The van der Waals surface area contributed by atoms with Gasteiger partial charge in [-0.1, -0.05) is 0 Å². The van der Waals surface area contributed by atoms with Gasteiger partial charge < -0.3 is 0 Å². The molecule has 13 heavy (non-hydrogen) atoms. The van der Waals surface area contributed by atoms with Crippen LogP contribution in [-0.4, -0.2) is 0 Å². The Hall–Kier alpha value is -1.40. The predicted molar refractivity (Wildman–Crippen MR) is 51.2 cm³/mol. The summed E-state index contributed by atoms with van der Waals surface area (Å²) in [5.74, 6) is -0.248. The van der Waals surface area contributed by atoms with Crippen molar-refractivity contribution in [2.75, 3.05) is 0 Å². The Bertz CT molecular complexity index is 507. The Kier molecular flexibility index (Phi) is 1.78. The molecule has 64 valence electrons. The number of aryl methyl sites for hydroxylation is 1. The van der Waals surface area contributed by atoms with Gasteiger partial charge in [0.1, 0.15) is 11.9 Å². The van der Waals surface area contributed by atoms with Crippen LogP contribution < -0.4 is 0 Å². The third-order valence-corrected chi connectivity index (χ3v) is 2.92. The van der Waals surface area contributed by atoms with Gasteiger partial charge in [-0.15, -0.1) is 11.3 Å². The van der Waals surface area contributed by atoms with E-state index in [1.54, 1.807) is 18.4 Å². The Morgan fingerprint density at radius 2 is 2.23 bits per heavy atom. The van der Waals surface area contributed by atoms with Gasteiger partial charge in [0.15, 0.2) is 0 Å². The van der Waals surface area contributed by atoms with Crippen LogP contribution in [0.3, 0.4) is 0 Å². The Labute approximate surface area is 79.0 Å². The molecule has 0 saturated carbocycles. The summed E-state index contributed by atoms with van der Waals surface area (Å²) < 4.78 is 14.1. The molecule has 0 N–H and O–H groups in total. The summed E-state index contributed by atoms with van der Waals surface area (Å²) in [6.07, 6.45) is 0. The molecule has 1 heterocycles. The SMILES string of the molecule is Cc1cc2scc(C#N)c2cc1F. The van der Waals surface area contributed by atoms with E-state index >= 15 is 0 Å². The van der Waals surface area contributed by atoms with Crippen molar-refractivity contribution in [3.05, 3.63) is 34.5 Å². The number of thiophene rings is 1. The fourth-order valence-corrected chi connectivity index (χ4v) is 2.20. The van der Waals surface area contributed by atoms with Crippen molar-refractivity contribution in [3.8, 4) is 6.07 Å². The average molecular weight is 191 g/mol. The van der Waals surface area contributed by atoms with Crippen molar-refractivity contribution in [1.29, 1.82) is 5.26 Å². The van der Waals surface area contributed by atoms with Gasteiger partial charge in [-0.2, -0.15) is 5.26 Å². The first-order chi connectivity index (χ1) is 6.22. The van der Waals surface area contributed by atoms with E-state index in [4.69, 9.17) is 5.26 Å². The van der Waals surface area contributed by atoms with Crippen LogP contribution in [-0.2, 0) is 0 Å². The van der Waals surface area contributed by atoms with Crippen LogP contribution in [0.2, 0.25) is 0 Å². The van der Waals surface area contributed by atoms with Gasteiger partial charge in [-0.3, -0.25) is 0 Å². The predicted octanol–water partition coefficient (Wildman–Crippen LogP) is 3.22. The van der Waals surface area contributed by atoms with Crippen molar-refractivity contribution < 1.29 is 4.39 Å². The Morgan fingerprint density at radius 1 is 1.46 bits per heavy atom. The molecule has 2 rings (SSSR count). The molecule has 0 fully saturated rings. The number of fused-ring (bicyclic) bond motifs is 1. The maximum absolute atomic E-state index is 13.1. The highest BCUT2D eigenvalue weighted by Crippen LogP contribution is 2.27. The summed E-state index contributed by atoms with van der Waals surface area (Å²) in [4.78, 5) is 0. The number of halogens is 1. The van der Waals surface area contributed by atoms with Crippen LogP contribution in [0.4, 0.5) is 4.39 Å². The highest BCUT2D eigenvalue weighted by molar-refractivity contribution is 7.17. The van der Waals surface area contributed by atoms with Crippen LogP contribution >= 0.6 is 11.3 Å². The zero-order valence-electron chi connectivity index (χ0n) is 6.97. The third kappa shape index (κ3) is 1.20. The minimum Gasteiger partial charge on any atom is -0.207 e. The second-order valence-corrected chi connectivity index (χ2v) is 3.77. The van der Waals surface area contributed by atoms with Gasteiger partial charge in [0, 0.05) is 15.5 Å². The van der Waals surface area contributed by atoms with E-state index in [0.717, 1.165) is 10.1 Å². The molecule has 0 amide bonds. The molecule has 0 saturated heterocycles. The molecule has 0 radical (unpaired) electrons. The monoisotopic (exact) mass is 191 g/mol. The minimum absolute atomic E-state index is 0.248. The number of benzene rings is 1. The molecular weight excluding hydrogens is 185 g/mol. The average Bonchev–Trinajstić information content (AvgIpc) is 2.48. The molecule has 0 aliphatic rings. The highest BCUT2D eigenvalue weighted by Gasteiger charge is 2.06. The van der Waals surface area contributed by atoms with Gasteiger partial charge in [0.25, 0.3) is 0 Å². The fourth-order valence-electron chi connectivity index (χ4n) is 1.24. The van der Waals surface area contributed by atoms with E-state index in [-0.39, 0.29) is 5.82 Å². The van der Waals surface area contributed by atoms with Crippen LogP contribution in [0, 0.1) is 24.1 Å². The smallest absolute Gasteiger partial charge is 0.126 e. The zero-order valence-corrected chi connectivity index (χ0v) is 7.78. The number of nitriles is 1. The molecule has 0 bridgehead atoms.